The molecule has 0 aromatic carbocycles. The van der Waals surface area contributed by atoms with Gasteiger partial charge in [-0.1, -0.05) is 13.3 Å². The molecule has 0 aliphatic carbocycles. The Hall–Kier alpha value is -1.36. The number of nitrogens with zero attached hydrogens (tertiary/aromatic N) is 2. The van der Waals surface area contributed by atoms with E-state index in [0.717, 1.165) is 25.8 Å². The van der Waals surface area contributed by atoms with E-state index in [-0.39, 0.29) is 11.9 Å². The van der Waals surface area contributed by atoms with Gasteiger partial charge in [0, 0.05) is 25.5 Å². The molecule has 0 aliphatic heterocycles. The van der Waals surface area contributed by atoms with Gasteiger partial charge in [-0.15, -0.1) is 0 Å². The van der Waals surface area contributed by atoms with E-state index >= 15 is 0 Å². The Bertz CT molecular complexity index is 297. The van der Waals surface area contributed by atoms with E-state index in [1.54, 1.807) is 12.5 Å². The highest BCUT2D eigenvalue weighted by Crippen LogP contribution is 1.93. The number of nitrogens with two attached hydrogens (primary N) is 1. The fourth-order valence-corrected chi connectivity index (χ4v) is 1.47. The zero-order valence-electron chi connectivity index (χ0n) is 9.72. The van der Waals surface area contributed by atoms with Crippen molar-refractivity contribution in [1.82, 2.24) is 14.9 Å². The van der Waals surface area contributed by atoms with Crippen molar-refractivity contribution in [1.29, 1.82) is 0 Å². The van der Waals surface area contributed by atoms with Crippen molar-refractivity contribution in [3.63, 3.8) is 0 Å². The third kappa shape index (κ3) is 4.44. The number of imidazole rings is 1. The minimum atomic E-state index is -0.363. The summed E-state index contributed by atoms with van der Waals surface area (Å²) in [5, 5.41) is 2.83. The average Bonchev–Trinajstić information content (AvgIpc) is 2.77. The fraction of sp³-hybridized carbons (Fsp3) is 0.636. The Morgan fingerprint density at radius 2 is 2.44 bits per heavy atom. The van der Waals surface area contributed by atoms with Crippen LogP contribution < -0.4 is 11.1 Å². The molecule has 5 nitrogen and oxygen atoms in total. The molecule has 1 atom stereocenters. The van der Waals surface area contributed by atoms with Gasteiger partial charge in [0.1, 0.15) is 0 Å². The van der Waals surface area contributed by atoms with Gasteiger partial charge in [-0.2, -0.15) is 0 Å². The number of carbonyl (C=O) groups is 1. The number of aryl methyl sites for hydroxylation is 1. The summed E-state index contributed by atoms with van der Waals surface area (Å²) in [6.45, 7) is 3.55. The summed E-state index contributed by atoms with van der Waals surface area (Å²) in [5.74, 6) is -0.0486. The van der Waals surface area contributed by atoms with E-state index in [0.29, 0.717) is 6.54 Å². The first kappa shape index (κ1) is 12.7. The largest absolute Gasteiger partial charge is 0.355 e. The summed E-state index contributed by atoms with van der Waals surface area (Å²) >= 11 is 0. The lowest BCUT2D eigenvalue weighted by molar-refractivity contribution is -0.122. The number of nitrogens with one attached hydrogen (secondary N) is 1. The van der Waals surface area contributed by atoms with Crippen molar-refractivity contribution in [3.05, 3.63) is 18.7 Å². The quantitative estimate of drug-likeness (QED) is 0.663. The standard InChI is InChI=1S/C11H20N4O/c1-2-4-10(12)11(16)14-5-3-7-15-8-6-13-9-15/h6,8-10H,2-5,7,12H2,1H3,(H,14,16). The number of hydrogen-bond acceptors (Lipinski definition) is 3. The second kappa shape index (κ2) is 7.00. The Labute approximate surface area is 96.0 Å². The third-order valence-electron chi connectivity index (χ3n) is 2.39. The van der Waals surface area contributed by atoms with Gasteiger partial charge in [-0.25, -0.2) is 4.98 Å². The molecule has 0 saturated heterocycles. The molecule has 0 spiro atoms. The molecule has 0 bridgehead atoms. The van der Waals surface area contributed by atoms with Crippen LogP contribution in [0.4, 0.5) is 0 Å². The van der Waals surface area contributed by atoms with Crippen LogP contribution in [-0.2, 0) is 11.3 Å². The van der Waals surface area contributed by atoms with Gasteiger partial charge >= 0.3 is 0 Å². The fourth-order valence-electron chi connectivity index (χ4n) is 1.47. The van der Waals surface area contributed by atoms with Gasteiger partial charge in [-0.05, 0) is 12.8 Å². The van der Waals surface area contributed by atoms with E-state index in [9.17, 15) is 4.79 Å². The maximum atomic E-state index is 11.4. The van der Waals surface area contributed by atoms with E-state index < -0.39 is 0 Å². The summed E-state index contributed by atoms with van der Waals surface area (Å²) in [4.78, 5) is 15.4. The van der Waals surface area contributed by atoms with Crippen molar-refractivity contribution in [2.24, 2.45) is 5.73 Å². The lowest BCUT2D eigenvalue weighted by Gasteiger charge is -2.11. The van der Waals surface area contributed by atoms with Crippen LogP contribution in [0.1, 0.15) is 26.2 Å². The van der Waals surface area contributed by atoms with Gasteiger partial charge in [0.25, 0.3) is 0 Å². The van der Waals surface area contributed by atoms with Gasteiger partial charge < -0.3 is 15.6 Å². The van der Waals surface area contributed by atoms with Gasteiger partial charge in [0.05, 0.1) is 12.4 Å². The van der Waals surface area contributed by atoms with Crippen LogP contribution in [0.15, 0.2) is 18.7 Å². The number of amides is 1. The lowest BCUT2D eigenvalue weighted by Crippen LogP contribution is -2.40. The second-order valence-electron chi connectivity index (χ2n) is 3.84. The lowest BCUT2D eigenvalue weighted by atomic mass is 10.2. The smallest absolute Gasteiger partial charge is 0.236 e. The first-order chi connectivity index (χ1) is 7.74. The topological polar surface area (TPSA) is 72.9 Å². The van der Waals surface area contributed by atoms with Gasteiger partial charge in [0.2, 0.25) is 5.91 Å². The van der Waals surface area contributed by atoms with Crippen LogP contribution >= 0.6 is 0 Å². The molecule has 0 fully saturated rings. The molecule has 1 rings (SSSR count). The highest BCUT2D eigenvalue weighted by molar-refractivity contribution is 5.81. The Balaban J connectivity index is 2.08. The maximum Gasteiger partial charge on any atom is 0.236 e. The number of carbonyl (C=O) groups excluding carboxylic acids is 1. The molecule has 1 unspecified atom stereocenters. The zero-order valence-corrected chi connectivity index (χ0v) is 9.72. The van der Waals surface area contributed by atoms with Crippen molar-refractivity contribution in [2.45, 2.75) is 38.8 Å². The molecule has 1 amide bonds. The molecule has 0 aliphatic rings. The molecular weight excluding hydrogens is 204 g/mol. The van der Waals surface area contributed by atoms with Crippen molar-refractivity contribution in [2.75, 3.05) is 6.54 Å². The van der Waals surface area contributed by atoms with Crippen molar-refractivity contribution < 1.29 is 4.79 Å². The van der Waals surface area contributed by atoms with Crippen LogP contribution in [0.2, 0.25) is 0 Å². The molecule has 90 valence electrons. The molecule has 1 aromatic rings. The molecule has 1 heterocycles. The highest BCUT2D eigenvalue weighted by Gasteiger charge is 2.10. The second-order valence-corrected chi connectivity index (χ2v) is 3.84. The zero-order chi connectivity index (χ0) is 11.8. The average molecular weight is 224 g/mol. The molecule has 0 radical (unpaired) electrons. The van der Waals surface area contributed by atoms with Crippen LogP contribution in [-0.4, -0.2) is 28.0 Å². The van der Waals surface area contributed by atoms with Gasteiger partial charge in [0.15, 0.2) is 0 Å². The predicted molar refractivity (Wildman–Crippen MR) is 62.7 cm³/mol. The van der Waals surface area contributed by atoms with E-state index in [1.165, 1.54) is 0 Å². The first-order valence-electron chi connectivity index (χ1n) is 5.73. The molecule has 1 aromatic heterocycles. The number of aromatic nitrogens is 2. The van der Waals surface area contributed by atoms with Crippen LogP contribution in [0.5, 0.6) is 0 Å². The minimum Gasteiger partial charge on any atom is -0.355 e. The number of rotatable bonds is 7. The Morgan fingerprint density at radius 1 is 1.62 bits per heavy atom. The highest BCUT2D eigenvalue weighted by atomic mass is 16.2. The summed E-state index contributed by atoms with van der Waals surface area (Å²) in [7, 11) is 0. The third-order valence-corrected chi connectivity index (χ3v) is 2.39. The van der Waals surface area contributed by atoms with Crippen LogP contribution in [0.25, 0.3) is 0 Å². The maximum absolute atomic E-state index is 11.4. The normalized spacial score (nSPS) is 12.4. The Morgan fingerprint density at radius 3 is 3.06 bits per heavy atom. The molecule has 5 heteroatoms. The van der Waals surface area contributed by atoms with Crippen molar-refractivity contribution >= 4 is 5.91 Å². The molecule has 0 saturated carbocycles. The molecule has 16 heavy (non-hydrogen) atoms. The summed E-state index contributed by atoms with van der Waals surface area (Å²) in [5.41, 5.74) is 5.68. The Kier molecular flexibility index (Phi) is 5.56. The predicted octanol–water partition coefficient (Wildman–Crippen LogP) is 0.517. The molecule has 3 N–H and O–H groups in total. The van der Waals surface area contributed by atoms with E-state index in [4.69, 9.17) is 5.73 Å². The van der Waals surface area contributed by atoms with Crippen LogP contribution in [0, 0.1) is 0 Å². The van der Waals surface area contributed by atoms with E-state index in [1.807, 2.05) is 17.7 Å². The summed E-state index contributed by atoms with van der Waals surface area (Å²) in [6, 6.07) is -0.363. The van der Waals surface area contributed by atoms with Gasteiger partial charge in [-0.3, -0.25) is 4.79 Å². The SMILES string of the molecule is CCCC(N)C(=O)NCCCn1ccnc1. The van der Waals surface area contributed by atoms with Crippen molar-refractivity contribution in [3.8, 4) is 0 Å². The monoisotopic (exact) mass is 224 g/mol. The minimum absolute atomic E-state index is 0.0486. The first-order valence-corrected chi connectivity index (χ1v) is 5.73. The number of hydrogen-bond donors (Lipinski definition) is 2. The molecular formula is C11H20N4O. The van der Waals surface area contributed by atoms with E-state index in [2.05, 4.69) is 10.3 Å². The van der Waals surface area contributed by atoms with Crippen LogP contribution in [0.3, 0.4) is 0 Å². The summed E-state index contributed by atoms with van der Waals surface area (Å²) < 4.78 is 1.98. The summed E-state index contributed by atoms with van der Waals surface area (Å²) in [6.07, 6.45) is 7.99.